The number of rotatable bonds is 4. The van der Waals surface area contributed by atoms with Crippen LogP contribution in [0.25, 0.3) is 0 Å². The van der Waals surface area contributed by atoms with Gasteiger partial charge in [-0.3, -0.25) is 9.59 Å². The van der Waals surface area contributed by atoms with E-state index >= 15 is 0 Å². The first kappa shape index (κ1) is 15.3. The minimum Gasteiger partial charge on any atom is -0.469 e. The molecule has 0 saturated carbocycles. The summed E-state index contributed by atoms with van der Waals surface area (Å²) in [6, 6.07) is 7.82. The van der Waals surface area contributed by atoms with Crippen molar-refractivity contribution in [3.05, 3.63) is 48.0 Å². The maximum atomic E-state index is 12.1. The van der Waals surface area contributed by atoms with Crippen LogP contribution in [0, 0.1) is 12.8 Å². The number of nitrogens with zero attached hydrogens (tertiary/aromatic N) is 3. The standard InChI is InChI=1S/C17H19N3O3/c1-12-18-7-8-19(12)10-13-3-5-15(6-4-13)20-11-14(9-16(20)21)17(22)23-2/h3-8,14H,9-11H2,1-2H3. The Labute approximate surface area is 134 Å². The number of aromatic nitrogens is 2. The van der Waals surface area contributed by atoms with Gasteiger partial charge in [0, 0.05) is 37.6 Å². The van der Waals surface area contributed by atoms with Crippen molar-refractivity contribution in [2.45, 2.75) is 19.9 Å². The van der Waals surface area contributed by atoms with Crippen molar-refractivity contribution in [1.29, 1.82) is 0 Å². The predicted octanol–water partition coefficient (Wildman–Crippen LogP) is 1.77. The maximum absolute atomic E-state index is 12.1. The van der Waals surface area contributed by atoms with Gasteiger partial charge in [-0.05, 0) is 24.6 Å². The summed E-state index contributed by atoms with van der Waals surface area (Å²) in [6.07, 6.45) is 3.93. The summed E-state index contributed by atoms with van der Waals surface area (Å²) in [7, 11) is 1.35. The Morgan fingerprint density at radius 3 is 2.70 bits per heavy atom. The van der Waals surface area contributed by atoms with Gasteiger partial charge in [0.25, 0.3) is 0 Å². The first-order valence-corrected chi connectivity index (χ1v) is 7.53. The summed E-state index contributed by atoms with van der Waals surface area (Å²) in [5.74, 6) is 0.220. The number of hydrogen-bond donors (Lipinski definition) is 0. The molecule has 0 bridgehead atoms. The lowest BCUT2D eigenvalue weighted by Gasteiger charge is -2.17. The van der Waals surface area contributed by atoms with Gasteiger partial charge in [-0.2, -0.15) is 0 Å². The van der Waals surface area contributed by atoms with E-state index in [2.05, 4.69) is 9.55 Å². The zero-order valence-electron chi connectivity index (χ0n) is 13.2. The topological polar surface area (TPSA) is 64.4 Å². The quantitative estimate of drug-likeness (QED) is 0.807. The minimum absolute atomic E-state index is 0.0430. The molecule has 0 radical (unpaired) electrons. The number of ether oxygens (including phenoxy) is 1. The van der Waals surface area contributed by atoms with E-state index in [-0.39, 0.29) is 24.2 Å². The molecule has 2 aromatic rings. The van der Waals surface area contributed by atoms with Gasteiger partial charge in [-0.25, -0.2) is 4.98 Å². The Kier molecular flexibility index (Phi) is 4.14. The van der Waals surface area contributed by atoms with E-state index in [1.165, 1.54) is 7.11 Å². The molecular weight excluding hydrogens is 294 g/mol. The van der Waals surface area contributed by atoms with Crippen LogP contribution in [-0.2, 0) is 20.9 Å². The third-order valence-electron chi connectivity index (χ3n) is 4.18. The summed E-state index contributed by atoms with van der Waals surface area (Å²) in [6.45, 7) is 3.08. The zero-order chi connectivity index (χ0) is 16.4. The van der Waals surface area contributed by atoms with Gasteiger partial charge in [-0.1, -0.05) is 12.1 Å². The van der Waals surface area contributed by atoms with Crippen molar-refractivity contribution in [3.63, 3.8) is 0 Å². The van der Waals surface area contributed by atoms with Gasteiger partial charge in [0.1, 0.15) is 5.82 Å². The van der Waals surface area contributed by atoms with Crippen LogP contribution < -0.4 is 4.90 Å². The number of anilines is 1. The Morgan fingerprint density at radius 1 is 1.35 bits per heavy atom. The van der Waals surface area contributed by atoms with Crippen molar-refractivity contribution in [3.8, 4) is 0 Å². The average molecular weight is 313 g/mol. The van der Waals surface area contributed by atoms with Crippen molar-refractivity contribution in [2.24, 2.45) is 5.92 Å². The number of carbonyl (C=O) groups is 2. The first-order valence-electron chi connectivity index (χ1n) is 7.53. The lowest BCUT2D eigenvalue weighted by molar-refractivity contribution is -0.145. The monoisotopic (exact) mass is 313 g/mol. The van der Waals surface area contributed by atoms with Gasteiger partial charge < -0.3 is 14.2 Å². The summed E-state index contributed by atoms with van der Waals surface area (Å²) in [5.41, 5.74) is 1.94. The Hall–Kier alpha value is -2.63. The largest absolute Gasteiger partial charge is 0.469 e. The van der Waals surface area contributed by atoms with E-state index in [9.17, 15) is 9.59 Å². The average Bonchev–Trinajstić information content (AvgIpc) is 3.14. The van der Waals surface area contributed by atoms with Crippen LogP contribution >= 0.6 is 0 Å². The molecule has 1 fully saturated rings. The zero-order valence-corrected chi connectivity index (χ0v) is 13.2. The molecule has 1 amide bonds. The normalized spacial score (nSPS) is 17.6. The molecule has 1 aromatic heterocycles. The lowest BCUT2D eigenvalue weighted by Crippen LogP contribution is -2.26. The van der Waals surface area contributed by atoms with Crippen molar-refractivity contribution >= 4 is 17.6 Å². The second kappa shape index (κ2) is 6.24. The van der Waals surface area contributed by atoms with E-state index in [1.54, 1.807) is 11.1 Å². The van der Waals surface area contributed by atoms with Crippen LogP contribution in [0.1, 0.15) is 17.8 Å². The van der Waals surface area contributed by atoms with E-state index in [0.29, 0.717) is 6.54 Å². The Bertz CT molecular complexity index is 721. The fourth-order valence-corrected chi connectivity index (χ4v) is 2.83. The number of carbonyl (C=O) groups excluding carboxylic acids is 2. The molecule has 1 aliphatic heterocycles. The van der Waals surface area contributed by atoms with Gasteiger partial charge in [0.2, 0.25) is 5.91 Å². The SMILES string of the molecule is COC(=O)C1CC(=O)N(c2ccc(Cn3ccnc3C)cc2)C1. The summed E-state index contributed by atoms with van der Waals surface area (Å²) < 4.78 is 6.79. The minimum atomic E-state index is -0.374. The summed E-state index contributed by atoms with van der Waals surface area (Å²) in [5, 5.41) is 0. The van der Waals surface area contributed by atoms with Crippen molar-refractivity contribution in [2.75, 3.05) is 18.6 Å². The van der Waals surface area contributed by atoms with Gasteiger partial charge in [0.15, 0.2) is 0 Å². The van der Waals surface area contributed by atoms with Gasteiger partial charge in [-0.15, -0.1) is 0 Å². The second-order valence-corrected chi connectivity index (χ2v) is 5.70. The molecule has 1 aliphatic rings. The molecule has 3 rings (SSSR count). The number of methoxy groups -OCH3 is 1. The first-order chi connectivity index (χ1) is 11.1. The molecule has 120 valence electrons. The van der Waals surface area contributed by atoms with E-state index in [4.69, 9.17) is 4.74 Å². The third kappa shape index (κ3) is 3.11. The van der Waals surface area contributed by atoms with Crippen LogP contribution in [0.5, 0.6) is 0 Å². The number of hydrogen-bond acceptors (Lipinski definition) is 4. The van der Waals surface area contributed by atoms with Crippen LogP contribution in [0.3, 0.4) is 0 Å². The molecule has 0 aliphatic carbocycles. The lowest BCUT2D eigenvalue weighted by atomic mass is 10.1. The highest BCUT2D eigenvalue weighted by Crippen LogP contribution is 2.26. The molecule has 1 saturated heterocycles. The molecule has 1 aromatic carbocycles. The number of esters is 1. The fraction of sp³-hybridized carbons (Fsp3) is 0.353. The number of aryl methyl sites for hydroxylation is 1. The molecule has 2 heterocycles. The van der Waals surface area contributed by atoms with E-state index in [1.807, 2.05) is 37.4 Å². The highest BCUT2D eigenvalue weighted by Gasteiger charge is 2.35. The predicted molar refractivity (Wildman–Crippen MR) is 85.0 cm³/mol. The van der Waals surface area contributed by atoms with E-state index < -0.39 is 0 Å². The number of imidazole rings is 1. The van der Waals surface area contributed by atoms with Crippen LogP contribution in [-0.4, -0.2) is 35.1 Å². The molecule has 0 spiro atoms. The molecule has 1 atom stereocenters. The second-order valence-electron chi connectivity index (χ2n) is 5.70. The van der Waals surface area contributed by atoms with Crippen LogP contribution in [0.4, 0.5) is 5.69 Å². The number of amides is 1. The van der Waals surface area contributed by atoms with Gasteiger partial charge >= 0.3 is 5.97 Å². The third-order valence-corrected chi connectivity index (χ3v) is 4.18. The molecule has 6 nitrogen and oxygen atoms in total. The highest BCUT2D eigenvalue weighted by molar-refractivity contribution is 5.99. The van der Waals surface area contributed by atoms with E-state index in [0.717, 1.165) is 23.6 Å². The highest BCUT2D eigenvalue weighted by atomic mass is 16.5. The Morgan fingerprint density at radius 2 is 2.09 bits per heavy atom. The molecule has 23 heavy (non-hydrogen) atoms. The molecular formula is C17H19N3O3. The smallest absolute Gasteiger partial charge is 0.311 e. The van der Waals surface area contributed by atoms with Crippen LogP contribution in [0.15, 0.2) is 36.7 Å². The maximum Gasteiger partial charge on any atom is 0.311 e. The molecule has 6 heteroatoms. The molecule has 0 N–H and O–H groups in total. The summed E-state index contributed by atoms with van der Waals surface area (Å²) >= 11 is 0. The molecule has 1 unspecified atom stereocenters. The number of benzene rings is 1. The van der Waals surface area contributed by atoms with Crippen molar-refractivity contribution in [1.82, 2.24) is 9.55 Å². The fourth-order valence-electron chi connectivity index (χ4n) is 2.83. The summed E-state index contributed by atoms with van der Waals surface area (Å²) in [4.78, 5) is 29.5. The van der Waals surface area contributed by atoms with Gasteiger partial charge in [0.05, 0.1) is 13.0 Å². The van der Waals surface area contributed by atoms with Crippen molar-refractivity contribution < 1.29 is 14.3 Å². The van der Waals surface area contributed by atoms with Crippen LogP contribution in [0.2, 0.25) is 0 Å². The Balaban J connectivity index is 1.71.